The number of carbonyl (C=O) groups is 3. The van der Waals surface area contributed by atoms with Gasteiger partial charge in [-0.2, -0.15) is 0 Å². The summed E-state index contributed by atoms with van der Waals surface area (Å²) in [6.07, 6.45) is 1.64. The number of methoxy groups -OCH3 is 2. The molecule has 3 rings (SSSR count). The number of nitrogens with one attached hydrogen (secondary N) is 1. The van der Waals surface area contributed by atoms with Crippen molar-refractivity contribution in [3.05, 3.63) is 58.0 Å². The number of benzene rings is 2. The molecule has 0 unspecified atom stereocenters. The van der Waals surface area contributed by atoms with Crippen molar-refractivity contribution in [1.82, 2.24) is 10.2 Å². The molecule has 3 amide bonds. The molecule has 1 saturated heterocycles. The second-order valence-corrected chi connectivity index (χ2v) is 8.11. The van der Waals surface area contributed by atoms with Crippen LogP contribution in [0.15, 0.2) is 41.3 Å². The molecule has 1 aliphatic rings. The lowest BCUT2D eigenvalue weighted by molar-refractivity contribution is -0.122. The molecule has 174 valence electrons. The Labute approximate surface area is 196 Å². The molecule has 8 nitrogen and oxygen atoms in total. The van der Waals surface area contributed by atoms with E-state index in [9.17, 15) is 14.4 Å². The average Bonchev–Trinajstić information content (AvgIpc) is 3.07. The summed E-state index contributed by atoms with van der Waals surface area (Å²) >= 11 is 0.864. The van der Waals surface area contributed by atoms with Gasteiger partial charge in [-0.15, -0.1) is 0 Å². The highest BCUT2D eigenvalue weighted by Gasteiger charge is 2.34. The monoisotopic (exact) mass is 470 g/mol. The summed E-state index contributed by atoms with van der Waals surface area (Å²) in [6.45, 7) is 4.48. The number of aryl methyl sites for hydroxylation is 1. The van der Waals surface area contributed by atoms with Crippen molar-refractivity contribution in [2.45, 2.75) is 13.8 Å². The van der Waals surface area contributed by atoms with Crippen molar-refractivity contribution in [1.29, 1.82) is 0 Å². The molecule has 2 aromatic carbocycles. The first-order valence-electron chi connectivity index (χ1n) is 10.4. The van der Waals surface area contributed by atoms with Gasteiger partial charge < -0.3 is 19.5 Å². The first kappa shape index (κ1) is 24.2. The van der Waals surface area contributed by atoms with Gasteiger partial charge in [-0.25, -0.2) is 0 Å². The third-order valence-corrected chi connectivity index (χ3v) is 5.86. The number of nitrogens with zero attached hydrogens (tertiary/aromatic N) is 1. The third-order valence-electron chi connectivity index (χ3n) is 4.95. The fourth-order valence-electron chi connectivity index (χ4n) is 3.24. The van der Waals surface area contributed by atoms with Crippen LogP contribution >= 0.6 is 11.8 Å². The van der Waals surface area contributed by atoms with Crippen LogP contribution in [0.2, 0.25) is 0 Å². The molecule has 1 fully saturated rings. The second-order valence-electron chi connectivity index (χ2n) is 7.12. The molecule has 0 saturated carbocycles. The number of ether oxygens (including phenoxy) is 3. The summed E-state index contributed by atoms with van der Waals surface area (Å²) in [5.41, 5.74) is 2.07. The Hall–Kier alpha value is -3.46. The molecular weight excluding hydrogens is 444 g/mol. The molecule has 2 aromatic rings. The highest BCUT2D eigenvalue weighted by atomic mass is 32.2. The first-order valence-corrected chi connectivity index (χ1v) is 11.2. The molecule has 33 heavy (non-hydrogen) atoms. The molecule has 1 N–H and O–H groups in total. The van der Waals surface area contributed by atoms with E-state index in [2.05, 4.69) is 5.32 Å². The molecule has 0 aliphatic carbocycles. The van der Waals surface area contributed by atoms with E-state index in [0.29, 0.717) is 39.9 Å². The number of hydrogen-bond donors (Lipinski definition) is 1. The zero-order chi connectivity index (χ0) is 24.0. The van der Waals surface area contributed by atoms with E-state index in [4.69, 9.17) is 14.2 Å². The van der Waals surface area contributed by atoms with Crippen molar-refractivity contribution < 1.29 is 28.6 Å². The Morgan fingerprint density at radius 1 is 1.06 bits per heavy atom. The Kier molecular flexibility index (Phi) is 8.00. The lowest BCUT2D eigenvalue weighted by atomic mass is 10.1. The van der Waals surface area contributed by atoms with Gasteiger partial charge in [0.25, 0.3) is 17.1 Å². The van der Waals surface area contributed by atoms with E-state index in [1.807, 2.05) is 13.8 Å². The SMILES string of the molecule is CCOc1ccc(/C=C2\SC(=O)N(CCNC(=O)c3ccc(C)c(OC)c3)C2=O)cc1OC. The van der Waals surface area contributed by atoms with Gasteiger partial charge in [-0.3, -0.25) is 19.3 Å². The van der Waals surface area contributed by atoms with Gasteiger partial charge in [0.1, 0.15) is 5.75 Å². The fourth-order valence-corrected chi connectivity index (χ4v) is 4.10. The van der Waals surface area contributed by atoms with E-state index in [-0.39, 0.29) is 24.2 Å². The number of thioether (sulfide) groups is 1. The van der Waals surface area contributed by atoms with Crippen molar-refractivity contribution in [2.24, 2.45) is 0 Å². The Balaban J connectivity index is 1.63. The fraction of sp³-hybridized carbons (Fsp3) is 0.292. The van der Waals surface area contributed by atoms with Crippen LogP contribution in [0.5, 0.6) is 17.2 Å². The van der Waals surface area contributed by atoms with E-state index >= 15 is 0 Å². The topological polar surface area (TPSA) is 94.2 Å². The minimum Gasteiger partial charge on any atom is -0.496 e. The second kappa shape index (κ2) is 10.9. The number of amides is 3. The molecule has 0 spiro atoms. The predicted octanol–water partition coefficient (Wildman–Crippen LogP) is 3.88. The minimum atomic E-state index is -0.399. The van der Waals surface area contributed by atoms with E-state index in [1.165, 1.54) is 7.11 Å². The Morgan fingerprint density at radius 2 is 1.82 bits per heavy atom. The van der Waals surface area contributed by atoms with Gasteiger partial charge in [-0.05, 0) is 67.1 Å². The van der Waals surface area contributed by atoms with Crippen LogP contribution < -0.4 is 19.5 Å². The quantitative estimate of drug-likeness (QED) is 0.556. The number of carbonyl (C=O) groups excluding carboxylic acids is 3. The summed E-state index contributed by atoms with van der Waals surface area (Å²) in [4.78, 5) is 38.9. The predicted molar refractivity (Wildman–Crippen MR) is 127 cm³/mol. The summed E-state index contributed by atoms with van der Waals surface area (Å²) < 4.78 is 16.1. The molecule has 0 atom stereocenters. The minimum absolute atomic E-state index is 0.0728. The van der Waals surface area contributed by atoms with E-state index in [1.54, 1.807) is 49.6 Å². The average molecular weight is 471 g/mol. The van der Waals surface area contributed by atoms with Crippen LogP contribution in [0.4, 0.5) is 4.79 Å². The molecule has 0 radical (unpaired) electrons. The van der Waals surface area contributed by atoms with Gasteiger partial charge >= 0.3 is 0 Å². The largest absolute Gasteiger partial charge is 0.496 e. The van der Waals surface area contributed by atoms with Crippen LogP contribution in [0.3, 0.4) is 0 Å². The van der Waals surface area contributed by atoms with Crippen LogP contribution in [0.1, 0.15) is 28.4 Å². The summed E-state index contributed by atoms with van der Waals surface area (Å²) in [6, 6.07) is 10.4. The van der Waals surface area contributed by atoms with E-state index < -0.39 is 5.91 Å². The van der Waals surface area contributed by atoms with Gasteiger partial charge in [-0.1, -0.05) is 12.1 Å². The smallest absolute Gasteiger partial charge is 0.293 e. The number of hydrogen-bond acceptors (Lipinski definition) is 7. The lowest BCUT2D eigenvalue weighted by Gasteiger charge is -2.13. The molecule has 0 bridgehead atoms. The standard InChI is InChI=1S/C24H26N2O6S/c1-5-32-18-9-7-16(12-20(18)31-4)13-21-23(28)26(24(29)33-21)11-10-25-22(27)17-8-6-15(2)19(14-17)30-3/h6-9,12-14H,5,10-11H2,1-4H3,(H,25,27)/b21-13-. The lowest BCUT2D eigenvalue weighted by Crippen LogP contribution is -2.37. The van der Waals surface area contributed by atoms with Crippen LogP contribution in [0.25, 0.3) is 6.08 Å². The maximum absolute atomic E-state index is 12.7. The van der Waals surface area contributed by atoms with Crippen molar-refractivity contribution in [3.63, 3.8) is 0 Å². The summed E-state index contributed by atoms with van der Waals surface area (Å²) in [7, 11) is 3.08. The van der Waals surface area contributed by atoms with E-state index in [0.717, 1.165) is 22.2 Å². The molecule has 1 heterocycles. The van der Waals surface area contributed by atoms with Crippen molar-refractivity contribution in [2.75, 3.05) is 33.9 Å². The maximum atomic E-state index is 12.7. The van der Waals surface area contributed by atoms with Gasteiger partial charge in [0, 0.05) is 18.7 Å². The molecule has 1 aliphatic heterocycles. The first-order chi connectivity index (χ1) is 15.9. The van der Waals surface area contributed by atoms with Crippen molar-refractivity contribution in [3.8, 4) is 17.2 Å². The molecule has 0 aromatic heterocycles. The van der Waals surface area contributed by atoms with Crippen molar-refractivity contribution >= 4 is 34.9 Å². The summed E-state index contributed by atoms with van der Waals surface area (Å²) in [5.74, 6) is 1.05. The third kappa shape index (κ3) is 5.67. The van der Waals surface area contributed by atoms with Crippen LogP contribution in [0, 0.1) is 6.92 Å². The number of imide groups is 1. The Morgan fingerprint density at radius 3 is 2.52 bits per heavy atom. The summed E-state index contributed by atoms with van der Waals surface area (Å²) in [5, 5.41) is 2.36. The van der Waals surface area contributed by atoms with Gasteiger partial charge in [0.05, 0.1) is 25.7 Å². The maximum Gasteiger partial charge on any atom is 0.293 e. The highest BCUT2D eigenvalue weighted by Crippen LogP contribution is 2.34. The highest BCUT2D eigenvalue weighted by molar-refractivity contribution is 8.18. The Bertz CT molecular complexity index is 1100. The zero-order valence-electron chi connectivity index (χ0n) is 19.0. The van der Waals surface area contributed by atoms with Crippen LogP contribution in [-0.2, 0) is 4.79 Å². The van der Waals surface area contributed by atoms with Crippen LogP contribution in [-0.4, -0.2) is 55.9 Å². The van der Waals surface area contributed by atoms with Gasteiger partial charge in [0.15, 0.2) is 11.5 Å². The zero-order valence-corrected chi connectivity index (χ0v) is 19.8. The van der Waals surface area contributed by atoms with Gasteiger partial charge in [0.2, 0.25) is 0 Å². The molecule has 9 heteroatoms. The number of rotatable bonds is 9. The normalized spacial score (nSPS) is 14.5. The molecular formula is C24H26N2O6S.